The lowest BCUT2D eigenvalue weighted by Crippen LogP contribution is -2.19. The Hall–Kier alpha value is -0.610. The molecule has 1 saturated carbocycles. The lowest BCUT2D eigenvalue weighted by atomic mass is 10.1. The standard InChI is InChI=1S/C17H25F2NS/c1-12(2)9-20-10-14-7-15(18)17(16(19)8-14)21-11-13-5-3-4-6-13/h7-8,12-13,20H,3-6,9-11H2,1-2H3. The van der Waals surface area contributed by atoms with E-state index in [1.54, 1.807) is 0 Å². The zero-order valence-corrected chi connectivity index (χ0v) is 13.7. The SMILES string of the molecule is CC(C)CNCc1cc(F)c(SCC2CCCC2)c(F)c1. The smallest absolute Gasteiger partial charge is 0.140 e. The maximum atomic E-state index is 14.1. The van der Waals surface area contributed by atoms with Gasteiger partial charge in [-0.05, 0) is 48.9 Å². The minimum atomic E-state index is -0.417. The van der Waals surface area contributed by atoms with Crippen molar-refractivity contribution in [2.45, 2.75) is 51.0 Å². The molecule has 1 nitrogen and oxygen atoms in total. The molecule has 4 heteroatoms. The molecule has 1 N–H and O–H groups in total. The quantitative estimate of drug-likeness (QED) is 0.712. The molecular weight excluding hydrogens is 288 g/mol. The first-order valence-electron chi connectivity index (χ1n) is 7.87. The molecule has 0 spiro atoms. The molecule has 2 rings (SSSR count). The number of hydrogen-bond donors (Lipinski definition) is 1. The van der Waals surface area contributed by atoms with Crippen LogP contribution in [0.2, 0.25) is 0 Å². The van der Waals surface area contributed by atoms with Crippen LogP contribution >= 0.6 is 11.8 Å². The van der Waals surface area contributed by atoms with Gasteiger partial charge in [-0.15, -0.1) is 11.8 Å². The first-order chi connectivity index (χ1) is 10.1. The molecule has 0 amide bonds. The fraction of sp³-hybridized carbons (Fsp3) is 0.647. The number of nitrogens with one attached hydrogen (secondary N) is 1. The second-order valence-corrected chi connectivity index (χ2v) is 7.41. The summed E-state index contributed by atoms with van der Waals surface area (Å²) in [6.07, 6.45) is 4.92. The van der Waals surface area contributed by atoms with Crippen LogP contribution < -0.4 is 5.32 Å². The fourth-order valence-corrected chi connectivity index (χ4v) is 3.87. The highest BCUT2D eigenvalue weighted by Gasteiger charge is 2.18. The summed E-state index contributed by atoms with van der Waals surface area (Å²) in [5.41, 5.74) is 0.677. The van der Waals surface area contributed by atoms with Crippen LogP contribution in [-0.2, 0) is 6.54 Å². The summed E-state index contributed by atoms with van der Waals surface area (Å²) in [6, 6.07) is 2.93. The van der Waals surface area contributed by atoms with Crippen LogP contribution in [0.25, 0.3) is 0 Å². The van der Waals surface area contributed by atoms with E-state index in [1.807, 2.05) is 0 Å². The van der Waals surface area contributed by atoms with E-state index >= 15 is 0 Å². The van der Waals surface area contributed by atoms with Crippen molar-refractivity contribution >= 4 is 11.8 Å². The van der Waals surface area contributed by atoms with Crippen LogP contribution in [0.3, 0.4) is 0 Å². The Morgan fingerprint density at radius 2 is 1.81 bits per heavy atom. The van der Waals surface area contributed by atoms with Crippen LogP contribution in [0.1, 0.15) is 45.1 Å². The van der Waals surface area contributed by atoms with E-state index in [0.29, 0.717) is 23.9 Å². The van der Waals surface area contributed by atoms with Crippen molar-refractivity contribution in [1.82, 2.24) is 5.32 Å². The summed E-state index contributed by atoms with van der Waals surface area (Å²) in [6.45, 7) is 5.58. The normalized spacial score (nSPS) is 16.0. The van der Waals surface area contributed by atoms with Gasteiger partial charge in [-0.25, -0.2) is 8.78 Å². The highest BCUT2D eigenvalue weighted by molar-refractivity contribution is 7.99. The summed E-state index contributed by atoms with van der Waals surface area (Å²) in [7, 11) is 0. The van der Waals surface area contributed by atoms with Gasteiger partial charge in [0.25, 0.3) is 0 Å². The summed E-state index contributed by atoms with van der Waals surface area (Å²) >= 11 is 1.34. The molecule has 1 aliphatic carbocycles. The van der Waals surface area contributed by atoms with Gasteiger partial charge in [0, 0.05) is 12.3 Å². The van der Waals surface area contributed by atoms with Crippen molar-refractivity contribution in [2.75, 3.05) is 12.3 Å². The van der Waals surface area contributed by atoms with Crippen LogP contribution in [0, 0.1) is 23.5 Å². The average molecular weight is 313 g/mol. The van der Waals surface area contributed by atoms with E-state index in [-0.39, 0.29) is 4.90 Å². The predicted molar refractivity (Wildman–Crippen MR) is 85.6 cm³/mol. The van der Waals surface area contributed by atoms with E-state index in [9.17, 15) is 8.78 Å². The monoisotopic (exact) mass is 313 g/mol. The van der Waals surface area contributed by atoms with E-state index in [4.69, 9.17) is 0 Å². The molecule has 1 aliphatic rings. The van der Waals surface area contributed by atoms with Crippen molar-refractivity contribution < 1.29 is 8.78 Å². The summed E-state index contributed by atoms with van der Waals surface area (Å²) < 4.78 is 28.2. The highest BCUT2D eigenvalue weighted by atomic mass is 32.2. The lowest BCUT2D eigenvalue weighted by molar-refractivity contribution is 0.524. The molecule has 0 saturated heterocycles. The van der Waals surface area contributed by atoms with Gasteiger partial charge in [-0.3, -0.25) is 0 Å². The molecule has 1 fully saturated rings. The third kappa shape index (κ3) is 5.26. The second kappa shape index (κ2) is 8.14. The van der Waals surface area contributed by atoms with Crippen molar-refractivity contribution in [3.8, 4) is 0 Å². The van der Waals surface area contributed by atoms with Gasteiger partial charge in [0.2, 0.25) is 0 Å². The van der Waals surface area contributed by atoms with Gasteiger partial charge >= 0.3 is 0 Å². The zero-order chi connectivity index (χ0) is 15.2. The Morgan fingerprint density at radius 1 is 1.19 bits per heavy atom. The maximum absolute atomic E-state index is 14.1. The second-order valence-electron chi connectivity index (χ2n) is 6.37. The molecule has 1 aromatic rings. The minimum Gasteiger partial charge on any atom is -0.312 e. The molecule has 0 radical (unpaired) electrons. The van der Waals surface area contributed by atoms with Gasteiger partial charge in [-0.1, -0.05) is 26.7 Å². The van der Waals surface area contributed by atoms with Crippen molar-refractivity contribution in [2.24, 2.45) is 11.8 Å². The Kier molecular flexibility index (Phi) is 6.49. The van der Waals surface area contributed by atoms with Crippen LogP contribution in [-0.4, -0.2) is 12.3 Å². The van der Waals surface area contributed by atoms with E-state index in [2.05, 4.69) is 19.2 Å². The van der Waals surface area contributed by atoms with Gasteiger partial charge in [0.15, 0.2) is 0 Å². The predicted octanol–water partition coefficient (Wildman–Crippen LogP) is 4.99. The number of benzene rings is 1. The number of hydrogen-bond acceptors (Lipinski definition) is 2. The van der Waals surface area contributed by atoms with Gasteiger partial charge in [0.05, 0.1) is 4.90 Å². The molecule has 21 heavy (non-hydrogen) atoms. The van der Waals surface area contributed by atoms with Crippen molar-refractivity contribution in [1.29, 1.82) is 0 Å². The van der Waals surface area contributed by atoms with E-state index < -0.39 is 11.6 Å². The molecule has 118 valence electrons. The maximum Gasteiger partial charge on any atom is 0.140 e. The Balaban J connectivity index is 1.92. The third-order valence-electron chi connectivity index (χ3n) is 3.88. The minimum absolute atomic E-state index is 0.189. The first-order valence-corrected chi connectivity index (χ1v) is 8.86. The summed E-state index contributed by atoms with van der Waals surface area (Å²) in [5, 5.41) is 3.21. The summed E-state index contributed by atoms with van der Waals surface area (Å²) in [4.78, 5) is 0.189. The summed E-state index contributed by atoms with van der Waals surface area (Å²) in [5.74, 6) is 1.15. The van der Waals surface area contributed by atoms with E-state index in [1.165, 1.54) is 49.6 Å². The molecule has 0 heterocycles. The Bertz CT molecular complexity index is 433. The van der Waals surface area contributed by atoms with Crippen LogP contribution in [0.5, 0.6) is 0 Å². The molecule has 0 bridgehead atoms. The Labute approximate surface area is 130 Å². The molecule has 0 atom stereocenters. The van der Waals surface area contributed by atoms with Gasteiger partial charge in [-0.2, -0.15) is 0 Å². The van der Waals surface area contributed by atoms with Crippen LogP contribution in [0.4, 0.5) is 8.78 Å². The third-order valence-corrected chi connectivity index (χ3v) is 5.19. The van der Waals surface area contributed by atoms with E-state index in [0.717, 1.165) is 12.3 Å². The number of halogens is 2. The van der Waals surface area contributed by atoms with Gasteiger partial charge in [0.1, 0.15) is 11.6 Å². The van der Waals surface area contributed by atoms with Crippen molar-refractivity contribution in [3.05, 3.63) is 29.3 Å². The highest BCUT2D eigenvalue weighted by Crippen LogP contribution is 2.33. The average Bonchev–Trinajstić information content (AvgIpc) is 2.90. The van der Waals surface area contributed by atoms with Crippen molar-refractivity contribution in [3.63, 3.8) is 0 Å². The Morgan fingerprint density at radius 3 is 2.38 bits per heavy atom. The fourth-order valence-electron chi connectivity index (χ4n) is 2.74. The topological polar surface area (TPSA) is 12.0 Å². The lowest BCUT2D eigenvalue weighted by Gasteiger charge is -2.12. The molecular formula is C17H25F2NS. The molecule has 1 aromatic carbocycles. The molecule has 0 aromatic heterocycles. The number of thioether (sulfide) groups is 1. The molecule has 0 aliphatic heterocycles. The number of rotatable bonds is 7. The molecule has 0 unspecified atom stereocenters. The van der Waals surface area contributed by atoms with Crippen LogP contribution in [0.15, 0.2) is 17.0 Å². The zero-order valence-electron chi connectivity index (χ0n) is 12.9. The largest absolute Gasteiger partial charge is 0.312 e. The first kappa shape index (κ1) is 16.8. The van der Waals surface area contributed by atoms with Gasteiger partial charge < -0.3 is 5.32 Å².